The van der Waals surface area contributed by atoms with Crippen LogP contribution in [-0.2, 0) is 0 Å². The highest BCUT2D eigenvalue weighted by molar-refractivity contribution is 5.74. The molecule has 0 rings (SSSR count). The molecule has 0 unspecified atom stereocenters. The van der Waals surface area contributed by atoms with Crippen LogP contribution in [0.5, 0.6) is 0 Å². The molecule has 0 aromatic rings. The van der Waals surface area contributed by atoms with Crippen LogP contribution in [0.15, 0.2) is 12.2 Å². The van der Waals surface area contributed by atoms with E-state index >= 15 is 0 Å². The summed E-state index contributed by atoms with van der Waals surface area (Å²) in [6.07, 6.45) is 22.7. The Morgan fingerprint density at radius 3 is 1.68 bits per heavy atom. The lowest BCUT2D eigenvalue weighted by atomic mass is 10.1. The van der Waals surface area contributed by atoms with Gasteiger partial charge in [-0.25, -0.2) is 9.59 Å². The molecule has 0 heterocycles. The van der Waals surface area contributed by atoms with Gasteiger partial charge in [-0.3, -0.25) is 0 Å². The van der Waals surface area contributed by atoms with E-state index in [1.807, 2.05) is 0 Å². The number of primary amides is 1. The minimum atomic E-state index is -0.577. The molecule has 0 aromatic carbocycles. The van der Waals surface area contributed by atoms with E-state index in [9.17, 15) is 9.59 Å². The minimum Gasteiger partial charge on any atom is -0.352 e. The van der Waals surface area contributed by atoms with Gasteiger partial charge in [0.1, 0.15) is 0 Å². The predicted octanol–water partition coefficient (Wildman–Crippen LogP) is 4.99. The van der Waals surface area contributed by atoms with Gasteiger partial charge in [-0.05, 0) is 32.1 Å². The largest absolute Gasteiger partial charge is 0.352 e. The molecule has 0 aliphatic rings. The maximum Gasteiger partial charge on any atom is 0.314 e. The van der Waals surface area contributed by atoms with Crippen molar-refractivity contribution in [1.29, 1.82) is 0 Å². The smallest absolute Gasteiger partial charge is 0.314 e. The van der Waals surface area contributed by atoms with Crippen LogP contribution in [0.25, 0.3) is 0 Å². The molecule has 0 atom stereocenters. The maximum atomic E-state index is 11.5. The molecule has 28 heavy (non-hydrogen) atoms. The number of carbonyl (C=O) groups is 2. The third-order valence-electron chi connectivity index (χ3n) is 4.68. The summed E-state index contributed by atoms with van der Waals surface area (Å²) in [5.41, 5.74) is 4.93. The molecule has 0 aromatic heterocycles. The van der Waals surface area contributed by atoms with Gasteiger partial charge in [0.25, 0.3) is 0 Å². The first-order valence-electron chi connectivity index (χ1n) is 11.4. The SMILES string of the molecule is CCCCCCCC/C=C\CCCCCCCCNC(=O)NCCNC(N)=O. The van der Waals surface area contributed by atoms with Gasteiger partial charge < -0.3 is 21.7 Å². The highest BCUT2D eigenvalue weighted by Gasteiger charge is 1.99. The van der Waals surface area contributed by atoms with Crippen LogP contribution in [0.1, 0.15) is 96.8 Å². The second-order valence-electron chi connectivity index (χ2n) is 7.41. The number of unbranched alkanes of at least 4 members (excludes halogenated alkanes) is 12. The molecule has 0 saturated carbocycles. The van der Waals surface area contributed by atoms with Crippen molar-refractivity contribution < 1.29 is 9.59 Å². The molecule has 0 aliphatic heterocycles. The fraction of sp³-hybridized carbons (Fsp3) is 0.818. The lowest BCUT2D eigenvalue weighted by Gasteiger charge is -2.07. The average molecular weight is 397 g/mol. The Balaban J connectivity index is 3.19. The fourth-order valence-electron chi connectivity index (χ4n) is 3.00. The zero-order valence-electron chi connectivity index (χ0n) is 18.1. The Kier molecular flexibility index (Phi) is 20.3. The Labute approximate surface area is 172 Å². The highest BCUT2D eigenvalue weighted by Crippen LogP contribution is 2.09. The molecule has 6 nitrogen and oxygen atoms in total. The number of urea groups is 2. The van der Waals surface area contributed by atoms with Gasteiger partial charge in [-0.1, -0.05) is 76.9 Å². The third kappa shape index (κ3) is 22.3. The number of nitrogens with two attached hydrogens (primary N) is 1. The van der Waals surface area contributed by atoms with Crippen molar-refractivity contribution in [2.24, 2.45) is 5.73 Å². The molecule has 4 amide bonds. The van der Waals surface area contributed by atoms with Crippen LogP contribution in [-0.4, -0.2) is 31.7 Å². The van der Waals surface area contributed by atoms with E-state index < -0.39 is 6.03 Å². The molecule has 0 bridgehead atoms. The summed E-state index contributed by atoms with van der Waals surface area (Å²) in [5.74, 6) is 0. The molecule has 0 fully saturated rings. The first kappa shape index (κ1) is 26.3. The Hall–Kier alpha value is -1.72. The summed E-state index contributed by atoms with van der Waals surface area (Å²) in [6, 6.07) is -0.773. The summed E-state index contributed by atoms with van der Waals surface area (Å²) in [4.78, 5) is 21.9. The summed E-state index contributed by atoms with van der Waals surface area (Å²) >= 11 is 0. The van der Waals surface area contributed by atoms with Crippen molar-refractivity contribution in [2.75, 3.05) is 19.6 Å². The number of allylic oxidation sites excluding steroid dienone is 2. The zero-order chi connectivity index (χ0) is 20.7. The van der Waals surface area contributed by atoms with E-state index in [4.69, 9.17) is 5.73 Å². The number of amides is 4. The van der Waals surface area contributed by atoms with E-state index in [0.717, 1.165) is 12.8 Å². The topological polar surface area (TPSA) is 96.2 Å². The molecule has 0 aliphatic carbocycles. The lowest BCUT2D eigenvalue weighted by molar-refractivity contribution is 0.239. The first-order chi connectivity index (χ1) is 13.7. The molecular formula is C22H44N4O2. The van der Waals surface area contributed by atoms with Crippen LogP contribution in [0.3, 0.4) is 0 Å². The summed E-state index contributed by atoms with van der Waals surface area (Å²) in [6.45, 7) is 3.67. The monoisotopic (exact) mass is 396 g/mol. The van der Waals surface area contributed by atoms with Crippen molar-refractivity contribution >= 4 is 12.1 Å². The standard InChI is InChI=1S/C22H44N4O2/c1-2-3-4-5-6-7-8-9-10-11-12-13-14-15-16-17-18-25-22(28)26-20-19-24-21(23)27/h9-10H,2-8,11-20H2,1H3,(H3,23,24,27)(H2,25,26,28)/b10-9-. The van der Waals surface area contributed by atoms with E-state index in [1.54, 1.807) is 0 Å². The van der Waals surface area contributed by atoms with Crippen LogP contribution >= 0.6 is 0 Å². The number of rotatable bonds is 19. The molecule has 164 valence electrons. The van der Waals surface area contributed by atoms with E-state index in [-0.39, 0.29) is 6.03 Å². The molecule has 6 heteroatoms. The van der Waals surface area contributed by atoms with Gasteiger partial charge in [0.15, 0.2) is 0 Å². The van der Waals surface area contributed by atoms with Gasteiger partial charge in [0.2, 0.25) is 0 Å². The maximum absolute atomic E-state index is 11.5. The summed E-state index contributed by atoms with van der Waals surface area (Å²) in [5, 5.41) is 7.90. The van der Waals surface area contributed by atoms with Gasteiger partial charge in [-0.15, -0.1) is 0 Å². The number of nitrogens with one attached hydrogen (secondary N) is 3. The average Bonchev–Trinajstić information content (AvgIpc) is 2.67. The first-order valence-corrected chi connectivity index (χ1v) is 11.4. The Morgan fingerprint density at radius 2 is 1.11 bits per heavy atom. The summed E-state index contributed by atoms with van der Waals surface area (Å²) in [7, 11) is 0. The number of hydrogen-bond donors (Lipinski definition) is 4. The van der Waals surface area contributed by atoms with Gasteiger partial charge in [0, 0.05) is 19.6 Å². The predicted molar refractivity (Wildman–Crippen MR) is 118 cm³/mol. The van der Waals surface area contributed by atoms with E-state index in [0.29, 0.717) is 19.6 Å². The van der Waals surface area contributed by atoms with Gasteiger partial charge in [-0.2, -0.15) is 0 Å². The van der Waals surface area contributed by atoms with Crippen LogP contribution in [0.2, 0.25) is 0 Å². The van der Waals surface area contributed by atoms with Crippen molar-refractivity contribution in [3.05, 3.63) is 12.2 Å². The molecule has 0 radical (unpaired) electrons. The highest BCUT2D eigenvalue weighted by atomic mass is 16.2. The summed E-state index contributed by atoms with van der Waals surface area (Å²) < 4.78 is 0. The molecule has 0 saturated heterocycles. The second kappa shape index (κ2) is 21.6. The second-order valence-corrected chi connectivity index (χ2v) is 7.41. The zero-order valence-corrected chi connectivity index (χ0v) is 18.1. The quantitative estimate of drug-likeness (QED) is 0.183. The van der Waals surface area contributed by atoms with E-state index in [2.05, 4.69) is 35.0 Å². The van der Waals surface area contributed by atoms with Crippen LogP contribution in [0, 0.1) is 0 Å². The van der Waals surface area contributed by atoms with Crippen molar-refractivity contribution in [2.45, 2.75) is 96.8 Å². The van der Waals surface area contributed by atoms with Gasteiger partial charge in [0.05, 0.1) is 0 Å². The van der Waals surface area contributed by atoms with Crippen molar-refractivity contribution in [3.63, 3.8) is 0 Å². The minimum absolute atomic E-state index is 0.195. The Bertz CT molecular complexity index is 400. The number of carbonyl (C=O) groups excluding carboxylic acids is 2. The lowest BCUT2D eigenvalue weighted by Crippen LogP contribution is -2.41. The van der Waals surface area contributed by atoms with Crippen molar-refractivity contribution in [1.82, 2.24) is 16.0 Å². The molecular weight excluding hydrogens is 352 g/mol. The Morgan fingerprint density at radius 1 is 0.643 bits per heavy atom. The third-order valence-corrected chi connectivity index (χ3v) is 4.68. The van der Waals surface area contributed by atoms with Crippen LogP contribution in [0.4, 0.5) is 9.59 Å². The fourth-order valence-corrected chi connectivity index (χ4v) is 3.00. The van der Waals surface area contributed by atoms with Crippen LogP contribution < -0.4 is 21.7 Å². The normalized spacial score (nSPS) is 10.9. The molecule has 0 spiro atoms. The van der Waals surface area contributed by atoms with Gasteiger partial charge >= 0.3 is 12.1 Å². The number of hydrogen-bond acceptors (Lipinski definition) is 2. The van der Waals surface area contributed by atoms with Crippen molar-refractivity contribution in [3.8, 4) is 0 Å². The molecule has 5 N–H and O–H groups in total. The van der Waals surface area contributed by atoms with E-state index in [1.165, 1.54) is 77.0 Å².